The van der Waals surface area contributed by atoms with E-state index in [0.29, 0.717) is 34.2 Å². The number of ether oxygens (including phenoxy) is 2. The van der Waals surface area contributed by atoms with Crippen LogP contribution in [0.15, 0.2) is 47.8 Å². The summed E-state index contributed by atoms with van der Waals surface area (Å²) < 4.78 is 73.3. The van der Waals surface area contributed by atoms with Crippen molar-refractivity contribution in [2.45, 2.75) is 25.0 Å². The lowest BCUT2D eigenvalue weighted by Crippen LogP contribution is -2.48. The van der Waals surface area contributed by atoms with E-state index in [1.165, 1.54) is 29.5 Å². The number of anilines is 1. The number of rotatable bonds is 10. The molecule has 1 aromatic heterocycles. The molecular formula is C24H25F3N2O6S2. The van der Waals surface area contributed by atoms with Crippen LogP contribution in [0.25, 0.3) is 11.3 Å². The Bertz CT molecular complexity index is 1370. The molecule has 0 saturated heterocycles. The first-order valence-corrected chi connectivity index (χ1v) is 13.6. The predicted octanol–water partition coefficient (Wildman–Crippen LogP) is 4.88. The second-order valence-corrected chi connectivity index (χ2v) is 11.6. The van der Waals surface area contributed by atoms with Gasteiger partial charge in [-0.2, -0.15) is 13.2 Å². The van der Waals surface area contributed by atoms with E-state index in [1.54, 1.807) is 31.5 Å². The Kier molecular flexibility index (Phi) is 8.08. The molecule has 0 aliphatic rings. The van der Waals surface area contributed by atoms with Gasteiger partial charge in [0.25, 0.3) is 0 Å². The second-order valence-electron chi connectivity index (χ2n) is 8.41. The molecule has 0 aliphatic heterocycles. The molecule has 3 aromatic rings. The van der Waals surface area contributed by atoms with Crippen LogP contribution < -0.4 is 14.4 Å². The number of aliphatic carboxylic acids is 1. The van der Waals surface area contributed by atoms with Crippen LogP contribution >= 0.6 is 11.3 Å². The summed E-state index contributed by atoms with van der Waals surface area (Å²) in [6, 6.07) is 9.40. The number of nitrogens with zero attached hydrogens (tertiary/aromatic N) is 2. The third-order valence-corrected chi connectivity index (χ3v) is 8.20. The van der Waals surface area contributed by atoms with Crippen LogP contribution in [-0.4, -0.2) is 55.9 Å². The van der Waals surface area contributed by atoms with Gasteiger partial charge in [0.1, 0.15) is 18.1 Å². The number of aryl methyl sites for hydroxylation is 1. The monoisotopic (exact) mass is 558 g/mol. The van der Waals surface area contributed by atoms with Gasteiger partial charge >= 0.3 is 17.1 Å². The number of aromatic nitrogens is 1. The Hall–Kier alpha value is -3.32. The Balaban J connectivity index is 1.59. The van der Waals surface area contributed by atoms with Crippen molar-refractivity contribution >= 4 is 32.3 Å². The van der Waals surface area contributed by atoms with Crippen LogP contribution in [0.4, 0.5) is 18.3 Å². The molecule has 0 bridgehead atoms. The van der Waals surface area contributed by atoms with Gasteiger partial charge in [-0.05, 0) is 42.8 Å². The number of halogens is 3. The highest BCUT2D eigenvalue weighted by Crippen LogP contribution is 2.33. The SMILES string of the molecule is Cc1cc(OCCN(C)c2nc(-c3ccc(C(F)(F)F)cc3)cs2)ccc1OC(C)(C(=O)O)S(C)(=O)=O. The number of sulfone groups is 1. The molecule has 1 N–H and O–H groups in total. The van der Waals surface area contributed by atoms with E-state index in [1.807, 2.05) is 4.90 Å². The van der Waals surface area contributed by atoms with E-state index >= 15 is 0 Å². The summed E-state index contributed by atoms with van der Waals surface area (Å²) in [6.45, 7) is 3.33. The maximum atomic E-state index is 12.8. The molecule has 2 aromatic carbocycles. The largest absolute Gasteiger partial charge is 0.492 e. The Morgan fingerprint density at radius 1 is 1.16 bits per heavy atom. The number of hydrogen-bond donors (Lipinski definition) is 1. The van der Waals surface area contributed by atoms with Gasteiger partial charge in [0.15, 0.2) is 15.0 Å². The number of thiazole rings is 1. The van der Waals surface area contributed by atoms with Gasteiger partial charge in [-0.15, -0.1) is 11.3 Å². The van der Waals surface area contributed by atoms with E-state index < -0.39 is 32.5 Å². The van der Waals surface area contributed by atoms with Crippen molar-refractivity contribution in [3.8, 4) is 22.8 Å². The summed E-state index contributed by atoms with van der Waals surface area (Å²) in [5, 5.41) is 11.8. The molecule has 0 saturated carbocycles. The minimum atomic E-state index is -4.40. The van der Waals surface area contributed by atoms with Crippen LogP contribution in [0.1, 0.15) is 18.1 Å². The number of hydrogen-bond acceptors (Lipinski definition) is 8. The molecule has 3 rings (SSSR count). The van der Waals surface area contributed by atoms with E-state index in [4.69, 9.17) is 9.47 Å². The van der Waals surface area contributed by atoms with Gasteiger partial charge in [-0.25, -0.2) is 18.2 Å². The summed E-state index contributed by atoms with van der Waals surface area (Å²) in [4.78, 5) is 15.4. The van der Waals surface area contributed by atoms with Gasteiger partial charge in [0, 0.05) is 31.2 Å². The topological polar surface area (TPSA) is 106 Å². The first-order chi connectivity index (χ1) is 17.1. The minimum absolute atomic E-state index is 0.0957. The molecule has 0 aliphatic carbocycles. The molecule has 200 valence electrons. The molecule has 8 nitrogen and oxygen atoms in total. The molecule has 1 unspecified atom stereocenters. The molecule has 0 spiro atoms. The lowest BCUT2D eigenvalue weighted by atomic mass is 10.1. The summed E-state index contributed by atoms with van der Waals surface area (Å²) >= 11 is 1.35. The summed E-state index contributed by atoms with van der Waals surface area (Å²) in [7, 11) is -2.27. The minimum Gasteiger partial charge on any atom is -0.492 e. The second kappa shape index (κ2) is 10.6. The number of alkyl halides is 3. The van der Waals surface area contributed by atoms with Crippen LogP contribution in [0.3, 0.4) is 0 Å². The lowest BCUT2D eigenvalue weighted by Gasteiger charge is -2.25. The number of carboxylic acids is 1. The fourth-order valence-electron chi connectivity index (χ4n) is 3.11. The number of carbonyl (C=O) groups is 1. The molecule has 0 fully saturated rings. The Morgan fingerprint density at radius 2 is 1.81 bits per heavy atom. The Labute approximate surface area is 216 Å². The summed E-state index contributed by atoms with van der Waals surface area (Å²) in [5.74, 6) is -1.06. The predicted molar refractivity (Wildman–Crippen MR) is 134 cm³/mol. The smallest absolute Gasteiger partial charge is 0.416 e. The molecule has 1 atom stereocenters. The fourth-order valence-corrected chi connectivity index (χ4v) is 4.50. The average Bonchev–Trinajstić information content (AvgIpc) is 3.30. The van der Waals surface area contributed by atoms with Gasteiger partial charge < -0.3 is 19.5 Å². The summed E-state index contributed by atoms with van der Waals surface area (Å²) in [5.41, 5.74) is 0.910. The van der Waals surface area contributed by atoms with Gasteiger partial charge in [0.05, 0.1) is 17.8 Å². The Morgan fingerprint density at radius 3 is 2.35 bits per heavy atom. The van der Waals surface area contributed by atoms with Crippen molar-refractivity contribution in [1.29, 1.82) is 0 Å². The number of carboxylic acid groups (broad SMARTS) is 1. The van der Waals surface area contributed by atoms with Gasteiger partial charge in [-0.3, -0.25) is 0 Å². The van der Waals surface area contributed by atoms with Crippen LogP contribution in [0, 0.1) is 6.92 Å². The van der Waals surface area contributed by atoms with Crippen molar-refractivity contribution in [1.82, 2.24) is 4.98 Å². The van der Waals surface area contributed by atoms with E-state index in [-0.39, 0.29) is 12.4 Å². The molecule has 0 radical (unpaired) electrons. The molecule has 1 heterocycles. The van der Waals surface area contributed by atoms with Crippen LogP contribution in [0.2, 0.25) is 0 Å². The highest BCUT2D eigenvalue weighted by Gasteiger charge is 2.47. The van der Waals surface area contributed by atoms with Crippen LogP contribution in [-0.2, 0) is 20.8 Å². The molecular weight excluding hydrogens is 533 g/mol. The van der Waals surface area contributed by atoms with Crippen LogP contribution in [0.5, 0.6) is 11.5 Å². The first-order valence-electron chi connectivity index (χ1n) is 10.8. The standard InChI is InChI=1S/C24H25F3N2O6S2/c1-15-13-18(9-10-20(15)35-23(2,21(30)31)37(4,32)33)34-12-11-29(3)22-28-19(14-36-22)16-5-7-17(8-6-16)24(25,26)27/h5-10,13-14H,11-12H2,1-4H3,(H,30,31). The average molecular weight is 559 g/mol. The van der Waals surface area contributed by atoms with Gasteiger partial charge in [0.2, 0.25) is 0 Å². The van der Waals surface area contributed by atoms with Crippen molar-refractivity contribution in [2.24, 2.45) is 0 Å². The zero-order valence-corrected chi connectivity index (χ0v) is 22.0. The fraction of sp³-hybridized carbons (Fsp3) is 0.333. The third-order valence-electron chi connectivity index (χ3n) is 5.57. The van der Waals surface area contributed by atoms with E-state index in [2.05, 4.69) is 4.98 Å². The zero-order valence-electron chi connectivity index (χ0n) is 20.4. The molecule has 13 heteroatoms. The normalized spacial score (nSPS) is 13.6. The van der Waals surface area contributed by atoms with E-state index in [9.17, 15) is 31.5 Å². The quantitative estimate of drug-likeness (QED) is 0.376. The van der Waals surface area contributed by atoms with E-state index in [0.717, 1.165) is 25.3 Å². The van der Waals surface area contributed by atoms with Crippen molar-refractivity contribution in [2.75, 3.05) is 31.4 Å². The highest BCUT2D eigenvalue weighted by molar-refractivity contribution is 7.92. The lowest BCUT2D eigenvalue weighted by molar-refractivity contribution is -0.147. The maximum absolute atomic E-state index is 12.8. The van der Waals surface area contributed by atoms with Gasteiger partial charge in [-0.1, -0.05) is 12.1 Å². The first kappa shape index (κ1) is 28.3. The highest BCUT2D eigenvalue weighted by atomic mass is 32.2. The maximum Gasteiger partial charge on any atom is 0.416 e. The third kappa shape index (κ3) is 6.52. The van der Waals surface area contributed by atoms with Crippen molar-refractivity contribution in [3.05, 3.63) is 59.0 Å². The van der Waals surface area contributed by atoms with Crippen molar-refractivity contribution in [3.63, 3.8) is 0 Å². The molecule has 0 amide bonds. The zero-order chi connectivity index (χ0) is 27.6. The summed E-state index contributed by atoms with van der Waals surface area (Å²) in [6.07, 6.45) is -3.60. The van der Waals surface area contributed by atoms with Crippen molar-refractivity contribution < 1.29 is 41.0 Å². The number of benzene rings is 2. The number of likely N-dealkylation sites (N-methyl/N-ethyl adjacent to an activating group) is 1. The molecule has 37 heavy (non-hydrogen) atoms.